The van der Waals surface area contributed by atoms with Gasteiger partial charge in [-0.05, 0) is 93.1 Å². The van der Waals surface area contributed by atoms with Crippen molar-refractivity contribution in [1.29, 1.82) is 0 Å². The topological polar surface area (TPSA) is 60.7 Å². The average Bonchev–Trinajstić information content (AvgIpc) is 3.32. The van der Waals surface area contributed by atoms with Crippen molar-refractivity contribution in [3.63, 3.8) is 0 Å². The lowest BCUT2D eigenvalue weighted by Crippen LogP contribution is -2.40. The third kappa shape index (κ3) is 4.11. The van der Waals surface area contributed by atoms with Crippen LogP contribution in [0.15, 0.2) is 35.5 Å². The van der Waals surface area contributed by atoms with Gasteiger partial charge in [-0.2, -0.15) is 0 Å². The predicted octanol–water partition coefficient (Wildman–Crippen LogP) is 5.70. The van der Waals surface area contributed by atoms with Crippen LogP contribution in [0.3, 0.4) is 0 Å². The SMILES string of the molecule is C=C1/C(=C\C=C2/CCC[C@]3(C)[C@@H](C(C)CCCC(C)(C)O)CC4CC243)CC(O)C[C@@H]1O. The van der Waals surface area contributed by atoms with Crippen LogP contribution in [-0.2, 0) is 0 Å². The molecule has 174 valence electrons. The summed E-state index contributed by atoms with van der Waals surface area (Å²) in [4.78, 5) is 0. The second-order valence-corrected chi connectivity index (χ2v) is 12.2. The van der Waals surface area contributed by atoms with E-state index < -0.39 is 17.8 Å². The van der Waals surface area contributed by atoms with Gasteiger partial charge < -0.3 is 15.3 Å². The first kappa shape index (κ1) is 23.3. The van der Waals surface area contributed by atoms with Crippen molar-refractivity contribution in [2.75, 3.05) is 0 Å². The molecule has 4 fully saturated rings. The Kier molecular flexibility index (Phi) is 6.12. The lowest BCUT2D eigenvalue weighted by atomic mass is 9.57. The molecule has 0 amide bonds. The first-order chi connectivity index (χ1) is 14.5. The lowest BCUT2D eigenvalue weighted by molar-refractivity contribution is 0.0466. The summed E-state index contributed by atoms with van der Waals surface area (Å²) in [7, 11) is 0. The summed E-state index contributed by atoms with van der Waals surface area (Å²) in [5.41, 5.74) is 3.64. The molecule has 3 heteroatoms. The standard InChI is InChI=1S/C28H44O3/c1-18(8-6-12-26(3,4)31)24-15-22-17-28(22)21(9-7-13-27(24,28)5)11-10-20-14-23(29)16-25(30)19(20)2/h10-11,18,22-25,29-31H,2,6-9,12-17H2,1,3-5H3/b20-10-,21-11+/t18?,22?,23?,24-,25+,27-,28?/m1/s1. The Labute approximate surface area is 189 Å². The Morgan fingerprint density at radius 3 is 2.68 bits per heavy atom. The number of hydrogen-bond donors (Lipinski definition) is 3. The first-order valence-corrected chi connectivity index (χ1v) is 12.7. The summed E-state index contributed by atoms with van der Waals surface area (Å²) in [5, 5.41) is 30.4. The van der Waals surface area contributed by atoms with Gasteiger partial charge in [-0.3, -0.25) is 0 Å². The fourth-order valence-electron chi connectivity index (χ4n) is 7.86. The molecule has 7 atom stereocenters. The van der Waals surface area contributed by atoms with Crippen LogP contribution in [0.25, 0.3) is 0 Å². The van der Waals surface area contributed by atoms with Gasteiger partial charge in [0.25, 0.3) is 0 Å². The molecule has 31 heavy (non-hydrogen) atoms. The van der Waals surface area contributed by atoms with Crippen LogP contribution in [0.1, 0.15) is 91.9 Å². The number of aliphatic hydroxyl groups excluding tert-OH is 2. The monoisotopic (exact) mass is 428 g/mol. The number of hydrogen-bond acceptors (Lipinski definition) is 3. The molecule has 3 nitrogen and oxygen atoms in total. The van der Waals surface area contributed by atoms with Crippen molar-refractivity contribution in [3.05, 3.63) is 35.5 Å². The second-order valence-electron chi connectivity index (χ2n) is 12.2. The molecule has 4 saturated carbocycles. The normalized spacial score (nSPS) is 43.8. The molecule has 4 rings (SSSR count). The summed E-state index contributed by atoms with van der Waals surface area (Å²) in [6, 6.07) is 0. The lowest BCUT2D eigenvalue weighted by Gasteiger charge is -2.48. The molecule has 3 N–H and O–H groups in total. The van der Waals surface area contributed by atoms with E-state index in [1.807, 2.05) is 13.8 Å². The summed E-state index contributed by atoms with van der Waals surface area (Å²) < 4.78 is 0. The van der Waals surface area contributed by atoms with Gasteiger partial charge in [0.05, 0.1) is 17.8 Å². The second kappa shape index (κ2) is 8.15. The Morgan fingerprint density at radius 2 is 1.97 bits per heavy atom. The molecule has 4 unspecified atom stereocenters. The molecule has 0 heterocycles. The Morgan fingerprint density at radius 1 is 1.23 bits per heavy atom. The molecule has 0 aromatic carbocycles. The highest BCUT2D eigenvalue weighted by Crippen LogP contribution is 2.81. The quantitative estimate of drug-likeness (QED) is 0.508. The minimum absolute atomic E-state index is 0.380. The molecule has 0 aliphatic heterocycles. The van der Waals surface area contributed by atoms with E-state index in [1.54, 1.807) is 5.57 Å². The Hall–Kier alpha value is -0.900. The Balaban J connectivity index is 1.51. The van der Waals surface area contributed by atoms with E-state index in [4.69, 9.17) is 0 Å². The zero-order valence-electron chi connectivity index (χ0n) is 20.2. The number of allylic oxidation sites excluding steroid dienone is 3. The maximum absolute atomic E-state index is 10.2. The van der Waals surface area contributed by atoms with Gasteiger partial charge in [-0.1, -0.05) is 51.0 Å². The van der Waals surface area contributed by atoms with Crippen molar-refractivity contribution < 1.29 is 15.3 Å². The highest BCUT2D eigenvalue weighted by molar-refractivity contribution is 5.42. The average molecular weight is 429 g/mol. The predicted molar refractivity (Wildman–Crippen MR) is 126 cm³/mol. The van der Waals surface area contributed by atoms with Crippen molar-refractivity contribution in [2.24, 2.45) is 28.6 Å². The van der Waals surface area contributed by atoms with Crippen LogP contribution in [0.4, 0.5) is 0 Å². The molecule has 0 bridgehead atoms. The maximum atomic E-state index is 10.2. The molecular weight excluding hydrogens is 384 g/mol. The smallest absolute Gasteiger partial charge is 0.0811 e. The number of rotatable bonds is 6. The fraction of sp³-hybridized carbons (Fsp3) is 0.786. The van der Waals surface area contributed by atoms with E-state index in [2.05, 4.69) is 32.6 Å². The summed E-state index contributed by atoms with van der Waals surface area (Å²) in [6.07, 6.45) is 14.1. The molecule has 1 spiro atoms. The van der Waals surface area contributed by atoms with Crippen LogP contribution in [0.5, 0.6) is 0 Å². The van der Waals surface area contributed by atoms with Crippen molar-refractivity contribution in [2.45, 2.75) is 110 Å². The molecule has 0 saturated heterocycles. The van der Waals surface area contributed by atoms with Crippen LogP contribution in [-0.4, -0.2) is 33.1 Å². The van der Waals surface area contributed by atoms with Gasteiger partial charge in [0, 0.05) is 11.8 Å². The van der Waals surface area contributed by atoms with Gasteiger partial charge in [0.2, 0.25) is 0 Å². The zero-order chi connectivity index (χ0) is 22.6. The fourth-order valence-corrected chi connectivity index (χ4v) is 7.86. The molecule has 0 aromatic heterocycles. The minimum atomic E-state index is -0.613. The highest BCUT2D eigenvalue weighted by atomic mass is 16.3. The van der Waals surface area contributed by atoms with E-state index >= 15 is 0 Å². The molecule has 4 aliphatic rings. The van der Waals surface area contributed by atoms with Gasteiger partial charge in [0.15, 0.2) is 0 Å². The van der Waals surface area contributed by atoms with E-state index in [0.29, 0.717) is 29.6 Å². The van der Waals surface area contributed by atoms with Crippen LogP contribution >= 0.6 is 0 Å². The Bertz CT molecular complexity index is 772. The molecule has 0 radical (unpaired) electrons. The van der Waals surface area contributed by atoms with Gasteiger partial charge in [-0.15, -0.1) is 0 Å². The van der Waals surface area contributed by atoms with Gasteiger partial charge in [-0.25, -0.2) is 0 Å². The number of aliphatic hydroxyl groups is 3. The maximum Gasteiger partial charge on any atom is 0.0811 e. The summed E-state index contributed by atoms with van der Waals surface area (Å²) in [5.74, 6) is 2.31. The third-order valence-electron chi connectivity index (χ3n) is 9.58. The summed E-state index contributed by atoms with van der Waals surface area (Å²) >= 11 is 0. The van der Waals surface area contributed by atoms with Crippen LogP contribution in [0.2, 0.25) is 0 Å². The molecular formula is C28H44O3. The minimum Gasteiger partial charge on any atom is -0.393 e. The van der Waals surface area contributed by atoms with E-state index in [0.717, 1.165) is 35.8 Å². The third-order valence-corrected chi connectivity index (χ3v) is 9.58. The van der Waals surface area contributed by atoms with E-state index in [9.17, 15) is 15.3 Å². The van der Waals surface area contributed by atoms with E-state index in [1.165, 1.54) is 38.5 Å². The van der Waals surface area contributed by atoms with Crippen molar-refractivity contribution >= 4 is 0 Å². The molecule has 0 aromatic rings. The van der Waals surface area contributed by atoms with Crippen molar-refractivity contribution in [1.82, 2.24) is 0 Å². The van der Waals surface area contributed by atoms with Gasteiger partial charge >= 0.3 is 0 Å². The van der Waals surface area contributed by atoms with Crippen molar-refractivity contribution in [3.8, 4) is 0 Å². The largest absolute Gasteiger partial charge is 0.393 e. The van der Waals surface area contributed by atoms with E-state index in [-0.39, 0.29) is 0 Å². The zero-order valence-corrected chi connectivity index (χ0v) is 20.2. The molecule has 4 aliphatic carbocycles. The van der Waals surface area contributed by atoms with Crippen LogP contribution < -0.4 is 0 Å². The van der Waals surface area contributed by atoms with Crippen LogP contribution in [0, 0.1) is 28.6 Å². The highest BCUT2D eigenvalue weighted by Gasteiger charge is 2.73. The first-order valence-electron chi connectivity index (χ1n) is 12.7. The van der Waals surface area contributed by atoms with Gasteiger partial charge in [0.1, 0.15) is 0 Å². The summed E-state index contributed by atoms with van der Waals surface area (Å²) in [6.45, 7) is 13.0.